The molecule has 0 aliphatic heterocycles. The first-order valence-corrected chi connectivity index (χ1v) is 9.90. The zero-order chi connectivity index (χ0) is 20.1. The molecule has 2 heterocycles. The maximum atomic E-state index is 11.8. The summed E-state index contributed by atoms with van der Waals surface area (Å²) in [6, 6.07) is 5.96. The number of aromatic nitrogens is 3. The second-order valence-electron chi connectivity index (χ2n) is 7.45. The van der Waals surface area contributed by atoms with E-state index in [9.17, 15) is 4.79 Å². The van der Waals surface area contributed by atoms with Crippen LogP contribution in [0.4, 0.5) is 17.3 Å². The molecule has 28 heavy (non-hydrogen) atoms. The van der Waals surface area contributed by atoms with E-state index in [0.717, 1.165) is 49.8 Å². The van der Waals surface area contributed by atoms with Crippen LogP contribution in [0.2, 0.25) is 0 Å². The molecule has 8 heteroatoms. The number of amides is 1. The van der Waals surface area contributed by atoms with Gasteiger partial charge in [0.1, 0.15) is 5.82 Å². The second kappa shape index (κ2) is 8.97. The van der Waals surface area contributed by atoms with Crippen molar-refractivity contribution < 1.29 is 4.79 Å². The smallest absolute Gasteiger partial charge is 0.271 e. The van der Waals surface area contributed by atoms with Gasteiger partial charge in [-0.25, -0.2) is 4.98 Å². The van der Waals surface area contributed by atoms with Gasteiger partial charge in [0.05, 0.1) is 5.69 Å². The minimum Gasteiger partial charge on any atom is -0.364 e. The number of hydrogen-bond donors (Lipinski definition) is 4. The van der Waals surface area contributed by atoms with Crippen LogP contribution in [0.5, 0.6) is 0 Å². The molecule has 1 fully saturated rings. The first-order chi connectivity index (χ1) is 13.5. The standard InChI is InChI=1S/C20H29N7O/c1-3-6-13-9-12(2)10-17(23-13)25-16-11-18(26-27-19(16)20(22)28)24-15-8-5-4-7-14(15)21/h9-11,14-15H,3-8,21H2,1-2H3,(H2,22,28)(H2,23,24,25,26). The van der Waals surface area contributed by atoms with Gasteiger partial charge in [0, 0.05) is 23.8 Å². The average Bonchev–Trinajstić information content (AvgIpc) is 2.63. The molecule has 1 aliphatic rings. The molecule has 150 valence electrons. The molecular formula is C20H29N7O. The molecule has 0 spiro atoms. The Labute approximate surface area is 165 Å². The van der Waals surface area contributed by atoms with Crippen molar-refractivity contribution in [3.05, 3.63) is 35.2 Å². The van der Waals surface area contributed by atoms with Gasteiger partial charge >= 0.3 is 0 Å². The summed E-state index contributed by atoms with van der Waals surface area (Å²) in [5, 5.41) is 14.7. The van der Waals surface area contributed by atoms with Gasteiger partial charge in [-0.2, -0.15) is 0 Å². The highest BCUT2D eigenvalue weighted by Gasteiger charge is 2.23. The van der Waals surface area contributed by atoms with Crippen molar-refractivity contribution in [3.8, 4) is 0 Å². The van der Waals surface area contributed by atoms with E-state index in [1.165, 1.54) is 0 Å². The fourth-order valence-corrected chi connectivity index (χ4v) is 3.59. The van der Waals surface area contributed by atoms with Crippen LogP contribution in [0, 0.1) is 6.92 Å². The summed E-state index contributed by atoms with van der Waals surface area (Å²) in [6.45, 7) is 4.13. The number of anilines is 3. The zero-order valence-electron chi connectivity index (χ0n) is 16.5. The predicted octanol–water partition coefficient (Wildman–Crippen LogP) is 2.66. The minimum atomic E-state index is -0.641. The van der Waals surface area contributed by atoms with Crippen molar-refractivity contribution in [2.24, 2.45) is 11.5 Å². The maximum absolute atomic E-state index is 11.8. The zero-order valence-corrected chi connectivity index (χ0v) is 16.5. The third kappa shape index (κ3) is 4.95. The number of nitrogens with zero attached hydrogens (tertiary/aromatic N) is 3. The Bertz CT molecular complexity index is 839. The Kier molecular flexibility index (Phi) is 6.41. The molecule has 1 aliphatic carbocycles. The average molecular weight is 384 g/mol. The molecule has 6 N–H and O–H groups in total. The van der Waals surface area contributed by atoms with Gasteiger partial charge in [-0.15, -0.1) is 10.2 Å². The number of pyridine rings is 1. The molecule has 3 rings (SSSR count). The molecule has 0 bridgehead atoms. The van der Waals surface area contributed by atoms with Gasteiger partial charge in [0.15, 0.2) is 11.5 Å². The van der Waals surface area contributed by atoms with Gasteiger partial charge < -0.3 is 22.1 Å². The lowest BCUT2D eigenvalue weighted by Crippen LogP contribution is -2.42. The number of carbonyl (C=O) groups is 1. The van der Waals surface area contributed by atoms with E-state index in [0.29, 0.717) is 17.3 Å². The summed E-state index contributed by atoms with van der Waals surface area (Å²) in [5.41, 5.74) is 14.4. The van der Waals surface area contributed by atoms with Crippen LogP contribution >= 0.6 is 0 Å². The van der Waals surface area contributed by atoms with Gasteiger partial charge in [-0.1, -0.05) is 26.2 Å². The summed E-state index contributed by atoms with van der Waals surface area (Å²) in [5.74, 6) is 0.577. The van der Waals surface area contributed by atoms with Gasteiger partial charge in [-0.05, 0) is 43.9 Å². The molecule has 2 atom stereocenters. The van der Waals surface area contributed by atoms with E-state index in [2.05, 4.69) is 38.8 Å². The van der Waals surface area contributed by atoms with Crippen molar-refractivity contribution in [2.75, 3.05) is 10.6 Å². The summed E-state index contributed by atoms with van der Waals surface area (Å²) >= 11 is 0. The lowest BCUT2D eigenvalue weighted by molar-refractivity contribution is 0.0995. The fraction of sp³-hybridized carbons (Fsp3) is 0.500. The Balaban J connectivity index is 1.87. The van der Waals surface area contributed by atoms with Crippen molar-refractivity contribution in [3.63, 3.8) is 0 Å². The fourth-order valence-electron chi connectivity index (χ4n) is 3.59. The van der Waals surface area contributed by atoms with Crippen molar-refractivity contribution in [2.45, 2.75) is 64.5 Å². The molecule has 0 radical (unpaired) electrons. The highest BCUT2D eigenvalue weighted by molar-refractivity contribution is 5.97. The van der Waals surface area contributed by atoms with E-state index in [1.54, 1.807) is 6.07 Å². The van der Waals surface area contributed by atoms with Crippen molar-refractivity contribution in [1.29, 1.82) is 0 Å². The first kappa shape index (κ1) is 20.0. The molecule has 8 nitrogen and oxygen atoms in total. The lowest BCUT2D eigenvalue weighted by Gasteiger charge is -2.29. The molecule has 1 saturated carbocycles. The van der Waals surface area contributed by atoms with Crippen LogP contribution in [0.15, 0.2) is 18.2 Å². The number of aryl methyl sites for hydroxylation is 2. The van der Waals surface area contributed by atoms with Crippen LogP contribution in [0.3, 0.4) is 0 Å². The van der Waals surface area contributed by atoms with E-state index in [-0.39, 0.29) is 17.8 Å². The summed E-state index contributed by atoms with van der Waals surface area (Å²) in [7, 11) is 0. The van der Waals surface area contributed by atoms with E-state index >= 15 is 0 Å². The van der Waals surface area contributed by atoms with Gasteiger partial charge in [0.25, 0.3) is 5.91 Å². The van der Waals surface area contributed by atoms with Crippen LogP contribution in [-0.4, -0.2) is 33.2 Å². The molecule has 0 saturated heterocycles. The molecule has 1 amide bonds. The van der Waals surface area contributed by atoms with Crippen LogP contribution in [-0.2, 0) is 6.42 Å². The SMILES string of the molecule is CCCc1cc(C)cc(Nc2cc(NC3CCCCC3N)nnc2C(N)=O)n1. The Morgan fingerprint density at radius 1 is 1.18 bits per heavy atom. The summed E-state index contributed by atoms with van der Waals surface area (Å²) in [6.07, 6.45) is 6.16. The van der Waals surface area contributed by atoms with Crippen LogP contribution in [0.25, 0.3) is 0 Å². The molecule has 2 aromatic rings. The van der Waals surface area contributed by atoms with Crippen molar-refractivity contribution >= 4 is 23.2 Å². The number of hydrogen-bond acceptors (Lipinski definition) is 7. The Hall–Kier alpha value is -2.74. The quantitative estimate of drug-likeness (QED) is 0.578. The topological polar surface area (TPSA) is 132 Å². The Morgan fingerprint density at radius 3 is 2.68 bits per heavy atom. The number of rotatable bonds is 7. The molecule has 2 aromatic heterocycles. The maximum Gasteiger partial charge on any atom is 0.271 e. The van der Waals surface area contributed by atoms with Gasteiger partial charge in [0.2, 0.25) is 0 Å². The van der Waals surface area contributed by atoms with E-state index in [1.807, 2.05) is 13.0 Å². The minimum absolute atomic E-state index is 0.0813. The molecule has 0 aromatic carbocycles. The van der Waals surface area contributed by atoms with Gasteiger partial charge in [-0.3, -0.25) is 4.79 Å². The van der Waals surface area contributed by atoms with E-state index in [4.69, 9.17) is 11.5 Å². The number of primary amides is 1. The monoisotopic (exact) mass is 383 g/mol. The summed E-state index contributed by atoms with van der Waals surface area (Å²) < 4.78 is 0. The van der Waals surface area contributed by atoms with Crippen LogP contribution < -0.4 is 22.1 Å². The number of carbonyl (C=O) groups excluding carboxylic acids is 1. The second-order valence-corrected chi connectivity index (χ2v) is 7.45. The predicted molar refractivity (Wildman–Crippen MR) is 111 cm³/mol. The lowest BCUT2D eigenvalue weighted by atomic mass is 9.91. The largest absolute Gasteiger partial charge is 0.364 e. The highest BCUT2D eigenvalue weighted by Crippen LogP contribution is 2.24. The molecule has 2 unspecified atom stereocenters. The van der Waals surface area contributed by atoms with Crippen molar-refractivity contribution in [1.82, 2.24) is 15.2 Å². The number of nitrogens with two attached hydrogens (primary N) is 2. The Morgan fingerprint density at radius 2 is 1.96 bits per heavy atom. The third-order valence-electron chi connectivity index (χ3n) is 4.97. The van der Waals surface area contributed by atoms with E-state index < -0.39 is 5.91 Å². The first-order valence-electron chi connectivity index (χ1n) is 9.90. The normalized spacial score (nSPS) is 19.2. The molecular weight excluding hydrogens is 354 g/mol. The van der Waals surface area contributed by atoms with Crippen LogP contribution in [0.1, 0.15) is 60.8 Å². The highest BCUT2D eigenvalue weighted by atomic mass is 16.1. The summed E-state index contributed by atoms with van der Waals surface area (Å²) in [4.78, 5) is 16.4. The third-order valence-corrected chi connectivity index (χ3v) is 4.97. The number of nitrogens with one attached hydrogen (secondary N) is 2.